The molecule has 2 heteroatoms. The molecule has 0 saturated heterocycles. The van der Waals surface area contributed by atoms with Crippen LogP contribution in [0.1, 0.15) is 0 Å². The van der Waals surface area contributed by atoms with Crippen LogP contribution in [0, 0.1) is 11.6 Å². The van der Waals surface area contributed by atoms with Crippen LogP contribution < -0.4 is 0 Å². The largest absolute Gasteiger partial charge is 0.207 e. The lowest BCUT2D eigenvalue weighted by Gasteiger charge is -2.25. The first-order valence-corrected chi connectivity index (χ1v) is 14.7. The third-order valence-electron chi connectivity index (χ3n) is 8.57. The summed E-state index contributed by atoms with van der Waals surface area (Å²) >= 11 is 0. The Balaban J connectivity index is 1.75. The minimum atomic E-state index is -0.274. The number of benzene rings is 8. The molecule has 0 aliphatic heterocycles. The zero-order valence-corrected chi connectivity index (χ0v) is 23.8. The highest BCUT2D eigenvalue weighted by molar-refractivity contribution is 6.33. The van der Waals surface area contributed by atoms with Gasteiger partial charge >= 0.3 is 0 Å². The van der Waals surface area contributed by atoms with E-state index in [-0.39, 0.29) is 11.6 Å². The van der Waals surface area contributed by atoms with Gasteiger partial charge in [-0.2, -0.15) is 0 Å². The van der Waals surface area contributed by atoms with E-state index in [1.54, 1.807) is 0 Å². The summed E-state index contributed by atoms with van der Waals surface area (Å²) in [6.45, 7) is 0. The van der Waals surface area contributed by atoms with Crippen LogP contribution in [0.3, 0.4) is 0 Å². The monoisotopic (exact) mass is 568 g/mol. The first-order chi connectivity index (χ1) is 21.7. The normalized spacial score (nSPS) is 11.4. The van der Waals surface area contributed by atoms with Gasteiger partial charge in [0.25, 0.3) is 0 Å². The number of hydrogen-bond acceptors (Lipinski definition) is 0. The van der Waals surface area contributed by atoms with Crippen LogP contribution in [0.2, 0.25) is 0 Å². The maximum atomic E-state index is 14.4. The predicted octanol–water partition coefficient (Wildman–Crippen LogP) is 12.1. The van der Waals surface area contributed by atoms with Crippen LogP contribution in [-0.4, -0.2) is 0 Å². The zero-order valence-electron chi connectivity index (χ0n) is 23.8. The Morgan fingerprint density at radius 2 is 0.500 bits per heavy atom. The van der Waals surface area contributed by atoms with Crippen LogP contribution >= 0.6 is 0 Å². The van der Waals surface area contributed by atoms with Crippen molar-refractivity contribution in [1.82, 2.24) is 0 Å². The summed E-state index contributed by atoms with van der Waals surface area (Å²) in [5.41, 5.74) is 8.38. The van der Waals surface area contributed by atoms with Crippen LogP contribution in [-0.2, 0) is 0 Å². The molecule has 8 aromatic carbocycles. The van der Waals surface area contributed by atoms with Gasteiger partial charge in [0.15, 0.2) is 0 Å². The maximum Gasteiger partial charge on any atom is 0.123 e. The van der Waals surface area contributed by atoms with E-state index in [1.165, 1.54) is 24.3 Å². The summed E-state index contributed by atoms with van der Waals surface area (Å²) in [6.07, 6.45) is 0. The van der Waals surface area contributed by atoms with Crippen molar-refractivity contribution < 1.29 is 8.78 Å². The second-order valence-electron chi connectivity index (χ2n) is 11.1. The first-order valence-electron chi connectivity index (χ1n) is 14.7. The molecule has 0 nitrogen and oxygen atoms in total. The van der Waals surface area contributed by atoms with E-state index < -0.39 is 0 Å². The summed E-state index contributed by atoms with van der Waals surface area (Å²) in [4.78, 5) is 0. The third-order valence-corrected chi connectivity index (χ3v) is 8.57. The lowest BCUT2D eigenvalue weighted by Crippen LogP contribution is -1.97. The van der Waals surface area contributed by atoms with Crippen molar-refractivity contribution in [2.45, 2.75) is 0 Å². The Hall–Kier alpha value is -5.60. The summed E-state index contributed by atoms with van der Waals surface area (Å²) in [5, 5.41) is 6.54. The number of halogens is 2. The molecular formula is C42H26F2. The van der Waals surface area contributed by atoms with Crippen molar-refractivity contribution in [3.8, 4) is 44.5 Å². The predicted molar refractivity (Wildman–Crippen MR) is 181 cm³/mol. The fourth-order valence-electron chi connectivity index (χ4n) is 6.77. The molecule has 44 heavy (non-hydrogen) atoms. The van der Waals surface area contributed by atoms with E-state index in [9.17, 15) is 8.78 Å². The van der Waals surface area contributed by atoms with E-state index in [0.717, 1.165) is 76.8 Å². The Labute approximate surface area is 254 Å². The summed E-state index contributed by atoms with van der Waals surface area (Å²) in [7, 11) is 0. The minimum Gasteiger partial charge on any atom is -0.207 e. The standard InChI is InChI=1S/C42H26F2/c43-31-23-19-29(20-24-31)39-36-18-10-8-16-34(36)38(28-13-5-2-6-14-28)42-40(30-21-25-32(44)26-22-30)35-17-9-7-15-33(35)37(41(39)42)27-11-3-1-4-12-27/h1-26H. The lowest BCUT2D eigenvalue weighted by molar-refractivity contribution is 0.627. The van der Waals surface area contributed by atoms with Crippen molar-refractivity contribution >= 4 is 32.3 Å². The van der Waals surface area contributed by atoms with Crippen molar-refractivity contribution in [3.63, 3.8) is 0 Å². The lowest BCUT2D eigenvalue weighted by atomic mass is 9.77. The molecule has 8 aromatic rings. The fourth-order valence-corrected chi connectivity index (χ4v) is 6.77. The van der Waals surface area contributed by atoms with Gasteiger partial charge in [-0.05, 0) is 101 Å². The molecule has 0 aliphatic rings. The molecule has 0 saturated carbocycles. The molecule has 0 aliphatic carbocycles. The van der Waals surface area contributed by atoms with Crippen LogP contribution in [0.4, 0.5) is 8.78 Å². The maximum absolute atomic E-state index is 14.4. The molecule has 0 atom stereocenters. The number of rotatable bonds is 4. The van der Waals surface area contributed by atoms with Gasteiger partial charge in [0.1, 0.15) is 11.6 Å². The van der Waals surface area contributed by atoms with E-state index in [4.69, 9.17) is 0 Å². The van der Waals surface area contributed by atoms with Crippen molar-refractivity contribution in [3.05, 3.63) is 169 Å². The fraction of sp³-hybridized carbons (Fsp3) is 0. The molecule has 0 unspecified atom stereocenters. The Morgan fingerprint density at radius 3 is 0.795 bits per heavy atom. The van der Waals surface area contributed by atoms with Gasteiger partial charge in [-0.3, -0.25) is 0 Å². The highest BCUT2D eigenvalue weighted by Crippen LogP contribution is 2.53. The first kappa shape index (κ1) is 26.1. The summed E-state index contributed by atoms with van der Waals surface area (Å²) in [5.74, 6) is -0.548. The van der Waals surface area contributed by atoms with E-state index in [0.29, 0.717) is 0 Å². The van der Waals surface area contributed by atoms with Gasteiger partial charge in [-0.15, -0.1) is 0 Å². The second kappa shape index (κ2) is 10.6. The minimum absolute atomic E-state index is 0.274. The smallest absolute Gasteiger partial charge is 0.123 e. The summed E-state index contributed by atoms with van der Waals surface area (Å²) in [6, 6.07) is 51.6. The molecule has 208 valence electrons. The van der Waals surface area contributed by atoms with Crippen molar-refractivity contribution in [2.75, 3.05) is 0 Å². The van der Waals surface area contributed by atoms with E-state index >= 15 is 0 Å². The van der Waals surface area contributed by atoms with Gasteiger partial charge in [0.05, 0.1) is 0 Å². The molecule has 0 radical (unpaired) electrons. The molecular weight excluding hydrogens is 542 g/mol. The summed E-state index contributed by atoms with van der Waals surface area (Å²) < 4.78 is 28.7. The Morgan fingerprint density at radius 1 is 0.250 bits per heavy atom. The molecule has 0 N–H and O–H groups in total. The quantitative estimate of drug-likeness (QED) is 0.185. The van der Waals surface area contributed by atoms with Crippen LogP contribution in [0.25, 0.3) is 76.8 Å². The van der Waals surface area contributed by atoms with Crippen molar-refractivity contribution in [1.29, 1.82) is 0 Å². The average Bonchev–Trinajstić information content (AvgIpc) is 3.08. The van der Waals surface area contributed by atoms with Crippen LogP contribution in [0.5, 0.6) is 0 Å². The second-order valence-corrected chi connectivity index (χ2v) is 11.1. The topological polar surface area (TPSA) is 0 Å². The molecule has 0 fully saturated rings. The number of hydrogen-bond donors (Lipinski definition) is 0. The molecule has 0 spiro atoms. The Kier molecular flexibility index (Phi) is 6.27. The van der Waals surface area contributed by atoms with Crippen LogP contribution in [0.15, 0.2) is 158 Å². The number of fused-ring (bicyclic) bond motifs is 3. The third kappa shape index (κ3) is 4.19. The molecule has 8 rings (SSSR count). The molecule has 0 aromatic heterocycles. The van der Waals surface area contributed by atoms with E-state index in [2.05, 4.69) is 97.1 Å². The van der Waals surface area contributed by atoms with Gasteiger partial charge in [-0.25, -0.2) is 8.78 Å². The molecule has 0 amide bonds. The Bertz CT molecular complexity index is 2140. The van der Waals surface area contributed by atoms with Crippen molar-refractivity contribution in [2.24, 2.45) is 0 Å². The average molecular weight is 569 g/mol. The van der Waals surface area contributed by atoms with E-state index in [1.807, 2.05) is 36.4 Å². The highest BCUT2D eigenvalue weighted by atomic mass is 19.1. The highest BCUT2D eigenvalue weighted by Gasteiger charge is 2.25. The zero-order chi connectivity index (χ0) is 29.6. The van der Waals surface area contributed by atoms with Gasteiger partial charge < -0.3 is 0 Å². The molecule has 0 heterocycles. The SMILES string of the molecule is Fc1ccc(-c2c3ccccc3c(-c3ccccc3)c3c(-c4ccc(F)cc4)c4ccccc4c(-c4ccccc4)c23)cc1. The van der Waals surface area contributed by atoms with Gasteiger partial charge in [0, 0.05) is 0 Å². The van der Waals surface area contributed by atoms with Gasteiger partial charge in [0.2, 0.25) is 0 Å². The van der Waals surface area contributed by atoms with Gasteiger partial charge in [-0.1, -0.05) is 133 Å². The molecule has 0 bridgehead atoms.